The maximum Gasteiger partial charge on any atom is 0.338 e. The van der Waals surface area contributed by atoms with E-state index in [1.807, 2.05) is 30.3 Å². The summed E-state index contributed by atoms with van der Waals surface area (Å²) in [4.78, 5) is 33.0. The van der Waals surface area contributed by atoms with E-state index in [-0.39, 0.29) is 5.78 Å². The second-order valence-corrected chi connectivity index (χ2v) is 9.33. The molecule has 3 heterocycles. The number of aromatic amines is 1. The van der Waals surface area contributed by atoms with Crippen molar-refractivity contribution in [3.8, 4) is 22.5 Å². The van der Waals surface area contributed by atoms with E-state index in [2.05, 4.69) is 48.3 Å². The highest BCUT2D eigenvalue weighted by atomic mass is 16.2. The van der Waals surface area contributed by atoms with Gasteiger partial charge in [0.1, 0.15) is 11.5 Å². The Balaban J connectivity index is 1.23. The van der Waals surface area contributed by atoms with Gasteiger partial charge < -0.3 is 15.5 Å². The molecule has 38 heavy (non-hydrogen) atoms. The van der Waals surface area contributed by atoms with Crippen molar-refractivity contribution in [3.63, 3.8) is 0 Å². The Hall–Kier alpha value is -4.70. The number of aromatic nitrogens is 3. The van der Waals surface area contributed by atoms with Crippen molar-refractivity contribution in [2.24, 2.45) is 0 Å². The lowest BCUT2D eigenvalue weighted by Gasteiger charge is -2.22. The van der Waals surface area contributed by atoms with Gasteiger partial charge in [-0.05, 0) is 43.3 Å². The second-order valence-electron chi connectivity index (χ2n) is 9.33. The minimum Gasteiger partial charge on any atom is -0.370 e. The van der Waals surface area contributed by atoms with Gasteiger partial charge in [-0.2, -0.15) is 5.10 Å². The smallest absolute Gasteiger partial charge is 0.338 e. The molecule has 0 bridgehead atoms. The standard InChI is InChI=1S/C28H28N8O2/c1-35(22-8-2-3-14-30-22)34-28(38)31-21-7-4-6-20-23(21)27(37)24-25(32-33-26(20)24)18-9-11-19(12-10-18)36-16-5-13-29-15-17-36/h2-4,6-12,14,29H,5,13,15-17H2,1H3,(H,32,33)(H2,31,34,38). The van der Waals surface area contributed by atoms with Gasteiger partial charge >= 0.3 is 6.03 Å². The van der Waals surface area contributed by atoms with Crippen LogP contribution in [0.2, 0.25) is 0 Å². The van der Waals surface area contributed by atoms with Crippen LogP contribution >= 0.6 is 0 Å². The van der Waals surface area contributed by atoms with Gasteiger partial charge in [0.25, 0.3) is 0 Å². The summed E-state index contributed by atoms with van der Waals surface area (Å²) in [5.74, 6) is 0.414. The molecule has 2 aromatic heterocycles. The van der Waals surface area contributed by atoms with E-state index < -0.39 is 6.03 Å². The molecular weight excluding hydrogens is 480 g/mol. The number of fused-ring (bicyclic) bond motifs is 3. The van der Waals surface area contributed by atoms with Crippen molar-refractivity contribution >= 4 is 29.0 Å². The van der Waals surface area contributed by atoms with Gasteiger partial charge in [-0.15, -0.1) is 0 Å². The van der Waals surface area contributed by atoms with Crippen LogP contribution in [0.5, 0.6) is 0 Å². The van der Waals surface area contributed by atoms with Crippen molar-refractivity contribution < 1.29 is 9.59 Å². The number of carbonyl (C=O) groups excluding carboxylic acids is 2. The number of H-pyrrole nitrogens is 1. The predicted molar refractivity (Wildman–Crippen MR) is 147 cm³/mol. The van der Waals surface area contributed by atoms with Gasteiger partial charge in [0.15, 0.2) is 5.78 Å². The highest BCUT2D eigenvalue weighted by molar-refractivity contribution is 6.26. The lowest BCUT2D eigenvalue weighted by molar-refractivity contribution is 0.104. The third kappa shape index (κ3) is 4.35. The van der Waals surface area contributed by atoms with Crippen LogP contribution < -0.4 is 26.0 Å². The summed E-state index contributed by atoms with van der Waals surface area (Å²) in [7, 11) is 1.69. The van der Waals surface area contributed by atoms with Crippen LogP contribution in [-0.4, -0.2) is 60.2 Å². The first kappa shape index (κ1) is 23.7. The van der Waals surface area contributed by atoms with Gasteiger partial charge in [-0.3, -0.25) is 14.9 Å². The minimum absolute atomic E-state index is 0.171. The summed E-state index contributed by atoms with van der Waals surface area (Å²) in [6.45, 7) is 3.98. The molecule has 10 heteroatoms. The Labute approximate surface area is 220 Å². The fraction of sp³-hybridized carbons (Fsp3) is 0.214. The summed E-state index contributed by atoms with van der Waals surface area (Å²) in [6, 6.07) is 18.5. The van der Waals surface area contributed by atoms with E-state index in [1.54, 1.807) is 31.4 Å². The molecule has 0 radical (unpaired) electrons. The van der Waals surface area contributed by atoms with E-state index in [0.29, 0.717) is 39.6 Å². The van der Waals surface area contributed by atoms with Crippen LogP contribution in [0.25, 0.3) is 22.5 Å². The van der Waals surface area contributed by atoms with Crippen molar-refractivity contribution in [1.82, 2.24) is 25.9 Å². The molecule has 1 aliphatic heterocycles. The Morgan fingerprint density at radius 3 is 2.68 bits per heavy atom. The van der Waals surface area contributed by atoms with E-state index in [4.69, 9.17) is 0 Å². The number of rotatable bonds is 5. The SMILES string of the molecule is CN(NC(=O)Nc1cccc2c1C(=O)c1c(-c3ccc(N4CCCNCC4)cc3)n[nH]c1-2)c1ccccn1. The number of nitrogens with one attached hydrogen (secondary N) is 4. The Morgan fingerprint density at radius 2 is 1.87 bits per heavy atom. The molecule has 4 N–H and O–H groups in total. The molecule has 192 valence electrons. The Kier molecular flexibility index (Phi) is 6.22. The largest absolute Gasteiger partial charge is 0.370 e. The van der Waals surface area contributed by atoms with Gasteiger partial charge in [0, 0.05) is 49.7 Å². The molecule has 1 aliphatic carbocycles. The van der Waals surface area contributed by atoms with Gasteiger partial charge in [-0.1, -0.05) is 30.3 Å². The first-order valence-electron chi connectivity index (χ1n) is 12.6. The minimum atomic E-state index is -0.479. The highest BCUT2D eigenvalue weighted by Crippen LogP contribution is 2.43. The van der Waals surface area contributed by atoms with Crippen molar-refractivity contribution in [1.29, 1.82) is 0 Å². The summed E-state index contributed by atoms with van der Waals surface area (Å²) in [5.41, 5.74) is 8.13. The predicted octanol–water partition coefficient (Wildman–Crippen LogP) is 3.66. The quantitative estimate of drug-likeness (QED) is 0.268. The average Bonchev–Trinajstić information content (AvgIpc) is 3.37. The van der Waals surface area contributed by atoms with E-state index in [1.165, 1.54) is 5.01 Å². The molecule has 1 fully saturated rings. The van der Waals surface area contributed by atoms with Crippen LogP contribution in [0.4, 0.5) is 22.0 Å². The van der Waals surface area contributed by atoms with Crippen LogP contribution in [0.3, 0.4) is 0 Å². The number of urea groups is 1. The number of ketones is 1. The van der Waals surface area contributed by atoms with Crippen molar-refractivity contribution in [2.45, 2.75) is 6.42 Å². The zero-order valence-electron chi connectivity index (χ0n) is 21.0. The molecule has 10 nitrogen and oxygen atoms in total. The van der Waals surface area contributed by atoms with Crippen molar-refractivity contribution in [2.75, 3.05) is 48.5 Å². The summed E-state index contributed by atoms with van der Waals surface area (Å²) in [5, 5.41) is 15.3. The third-order valence-electron chi connectivity index (χ3n) is 6.91. The summed E-state index contributed by atoms with van der Waals surface area (Å²) >= 11 is 0. The number of amides is 2. The second kappa shape index (κ2) is 9.98. The third-order valence-corrected chi connectivity index (χ3v) is 6.91. The van der Waals surface area contributed by atoms with Gasteiger partial charge in [0.2, 0.25) is 0 Å². The molecule has 6 rings (SSSR count). The Bertz CT molecular complexity index is 1470. The lowest BCUT2D eigenvalue weighted by Crippen LogP contribution is -2.42. The number of benzene rings is 2. The average molecular weight is 509 g/mol. The first-order chi connectivity index (χ1) is 18.6. The highest BCUT2D eigenvalue weighted by Gasteiger charge is 2.35. The van der Waals surface area contributed by atoms with Crippen LogP contribution in [0.15, 0.2) is 66.9 Å². The van der Waals surface area contributed by atoms with Crippen LogP contribution in [0, 0.1) is 0 Å². The number of carbonyl (C=O) groups is 2. The molecule has 1 saturated heterocycles. The summed E-state index contributed by atoms with van der Waals surface area (Å²) in [6.07, 6.45) is 2.75. The molecule has 0 unspecified atom stereocenters. The molecule has 2 aliphatic rings. The zero-order valence-corrected chi connectivity index (χ0v) is 21.0. The lowest BCUT2D eigenvalue weighted by atomic mass is 10.0. The van der Waals surface area contributed by atoms with Gasteiger partial charge in [-0.25, -0.2) is 15.2 Å². The van der Waals surface area contributed by atoms with E-state index in [9.17, 15) is 9.59 Å². The molecular formula is C28H28N8O2. The van der Waals surface area contributed by atoms with E-state index in [0.717, 1.165) is 43.9 Å². The molecule has 0 saturated carbocycles. The number of hydrogen-bond acceptors (Lipinski definition) is 7. The molecule has 0 atom stereocenters. The maximum atomic E-state index is 13.7. The fourth-order valence-electron chi connectivity index (χ4n) is 5.05. The first-order valence-corrected chi connectivity index (χ1v) is 12.6. The number of hydrazine groups is 1. The topological polar surface area (TPSA) is 118 Å². The van der Waals surface area contributed by atoms with Crippen LogP contribution in [-0.2, 0) is 0 Å². The summed E-state index contributed by atoms with van der Waals surface area (Å²) < 4.78 is 0. The number of hydrogen-bond donors (Lipinski definition) is 4. The fourth-order valence-corrected chi connectivity index (χ4v) is 5.05. The maximum absolute atomic E-state index is 13.7. The molecule has 0 spiro atoms. The van der Waals surface area contributed by atoms with Crippen LogP contribution in [0.1, 0.15) is 22.3 Å². The molecule has 4 aromatic rings. The number of nitrogens with zero attached hydrogens (tertiary/aromatic N) is 4. The zero-order chi connectivity index (χ0) is 26.1. The van der Waals surface area contributed by atoms with Crippen molar-refractivity contribution in [3.05, 3.63) is 78.0 Å². The molecule has 2 amide bonds. The monoisotopic (exact) mass is 508 g/mol. The van der Waals surface area contributed by atoms with E-state index >= 15 is 0 Å². The number of anilines is 3. The Morgan fingerprint density at radius 1 is 1.00 bits per heavy atom. The van der Waals surface area contributed by atoms with Gasteiger partial charge in [0.05, 0.1) is 22.5 Å². The molecule has 2 aromatic carbocycles. The number of pyridine rings is 1. The normalized spacial score (nSPS) is 14.4.